The molecule has 116 valence electrons. The predicted molar refractivity (Wildman–Crippen MR) is 87.8 cm³/mol. The van der Waals surface area contributed by atoms with E-state index in [0.29, 0.717) is 5.92 Å². The second kappa shape index (κ2) is 5.40. The Kier molecular flexibility index (Phi) is 3.87. The number of benzene rings is 1. The summed E-state index contributed by atoms with van der Waals surface area (Å²) in [6.07, 6.45) is 3.86. The zero-order valence-electron chi connectivity index (χ0n) is 13.9. The summed E-state index contributed by atoms with van der Waals surface area (Å²) >= 11 is 0. The van der Waals surface area contributed by atoms with E-state index in [9.17, 15) is 5.11 Å². The average molecular weight is 287 g/mol. The van der Waals surface area contributed by atoms with Gasteiger partial charge >= 0.3 is 0 Å². The fraction of sp³-hybridized carbons (Fsp3) is 0.684. The SMILES string of the molecule is CC(C)c1cc2c(cc1C1CC1)CN(CC(C)(C)O)CC2. The summed E-state index contributed by atoms with van der Waals surface area (Å²) in [5.74, 6) is 1.44. The Morgan fingerprint density at radius 1 is 1.24 bits per heavy atom. The quantitative estimate of drug-likeness (QED) is 0.910. The van der Waals surface area contributed by atoms with Gasteiger partial charge in [-0.3, -0.25) is 4.90 Å². The van der Waals surface area contributed by atoms with E-state index in [-0.39, 0.29) is 0 Å². The minimum Gasteiger partial charge on any atom is -0.389 e. The van der Waals surface area contributed by atoms with Crippen molar-refractivity contribution < 1.29 is 5.11 Å². The van der Waals surface area contributed by atoms with E-state index in [1.807, 2.05) is 13.8 Å². The molecule has 0 spiro atoms. The first kappa shape index (κ1) is 15.1. The van der Waals surface area contributed by atoms with Gasteiger partial charge in [0, 0.05) is 19.6 Å². The first-order valence-electron chi connectivity index (χ1n) is 8.44. The van der Waals surface area contributed by atoms with E-state index in [1.165, 1.54) is 24.0 Å². The van der Waals surface area contributed by atoms with Gasteiger partial charge in [0.25, 0.3) is 0 Å². The number of hydrogen-bond donors (Lipinski definition) is 1. The van der Waals surface area contributed by atoms with Crippen LogP contribution in [0.2, 0.25) is 0 Å². The van der Waals surface area contributed by atoms with Gasteiger partial charge in [-0.1, -0.05) is 26.0 Å². The molecule has 0 bridgehead atoms. The molecule has 1 saturated carbocycles. The highest BCUT2D eigenvalue weighted by Gasteiger charge is 2.29. The Bertz CT molecular complexity index is 523. The van der Waals surface area contributed by atoms with Crippen molar-refractivity contribution >= 4 is 0 Å². The van der Waals surface area contributed by atoms with Crippen molar-refractivity contribution in [1.29, 1.82) is 0 Å². The molecule has 0 unspecified atom stereocenters. The fourth-order valence-corrected chi connectivity index (χ4v) is 3.64. The van der Waals surface area contributed by atoms with E-state index in [0.717, 1.165) is 32.0 Å². The first-order valence-corrected chi connectivity index (χ1v) is 8.44. The van der Waals surface area contributed by atoms with E-state index >= 15 is 0 Å². The molecule has 0 atom stereocenters. The molecular formula is C19H29NO. The van der Waals surface area contributed by atoms with Gasteiger partial charge in [-0.05, 0) is 67.2 Å². The third kappa shape index (κ3) is 3.49. The molecule has 1 fully saturated rings. The molecule has 0 aromatic heterocycles. The molecule has 2 aliphatic rings. The normalized spacial score (nSPS) is 19.9. The van der Waals surface area contributed by atoms with Crippen molar-refractivity contribution in [3.63, 3.8) is 0 Å². The van der Waals surface area contributed by atoms with Crippen molar-refractivity contribution in [3.8, 4) is 0 Å². The molecule has 0 amide bonds. The Balaban J connectivity index is 1.86. The monoisotopic (exact) mass is 287 g/mol. The highest BCUT2D eigenvalue weighted by atomic mass is 16.3. The lowest BCUT2D eigenvalue weighted by atomic mass is 9.87. The zero-order valence-corrected chi connectivity index (χ0v) is 13.9. The molecule has 21 heavy (non-hydrogen) atoms. The predicted octanol–water partition coefficient (Wildman–Crippen LogP) is 3.82. The van der Waals surface area contributed by atoms with Crippen molar-refractivity contribution in [2.45, 2.75) is 70.9 Å². The lowest BCUT2D eigenvalue weighted by Gasteiger charge is -2.34. The van der Waals surface area contributed by atoms with Gasteiger partial charge < -0.3 is 5.11 Å². The largest absolute Gasteiger partial charge is 0.389 e. The van der Waals surface area contributed by atoms with E-state index in [1.54, 1.807) is 11.1 Å². The molecule has 2 nitrogen and oxygen atoms in total. The summed E-state index contributed by atoms with van der Waals surface area (Å²) in [5, 5.41) is 10.0. The molecule has 1 N–H and O–H groups in total. The standard InChI is InChI=1S/C19H29NO/c1-13(2)17-9-15-7-8-20(12-19(3,4)21)11-16(15)10-18(17)14-5-6-14/h9-10,13-14,21H,5-8,11-12H2,1-4H3. The molecule has 2 heteroatoms. The number of nitrogens with zero attached hydrogens (tertiary/aromatic N) is 1. The van der Waals surface area contributed by atoms with Gasteiger partial charge in [0.1, 0.15) is 0 Å². The summed E-state index contributed by atoms with van der Waals surface area (Å²) in [5.41, 5.74) is 5.61. The smallest absolute Gasteiger partial charge is 0.0718 e. The summed E-state index contributed by atoms with van der Waals surface area (Å²) in [6, 6.07) is 4.97. The fourth-order valence-electron chi connectivity index (χ4n) is 3.64. The van der Waals surface area contributed by atoms with Crippen LogP contribution in [0.15, 0.2) is 12.1 Å². The van der Waals surface area contributed by atoms with E-state index in [4.69, 9.17) is 0 Å². The lowest BCUT2D eigenvalue weighted by Crippen LogP contribution is -2.41. The Morgan fingerprint density at radius 2 is 1.95 bits per heavy atom. The van der Waals surface area contributed by atoms with Crippen LogP contribution in [-0.4, -0.2) is 28.7 Å². The highest BCUT2D eigenvalue weighted by Crippen LogP contribution is 2.44. The van der Waals surface area contributed by atoms with Gasteiger partial charge in [-0.15, -0.1) is 0 Å². The van der Waals surface area contributed by atoms with Crippen molar-refractivity contribution in [1.82, 2.24) is 4.90 Å². The molecule has 1 aliphatic heterocycles. The van der Waals surface area contributed by atoms with Gasteiger partial charge in [-0.25, -0.2) is 0 Å². The van der Waals surface area contributed by atoms with Gasteiger partial charge in [-0.2, -0.15) is 0 Å². The maximum atomic E-state index is 10.0. The number of aliphatic hydroxyl groups is 1. The molecule has 1 aliphatic carbocycles. The number of rotatable bonds is 4. The van der Waals surface area contributed by atoms with Crippen LogP contribution in [0, 0.1) is 0 Å². The van der Waals surface area contributed by atoms with Gasteiger partial charge in [0.2, 0.25) is 0 Å². The minimum absolute atomic E-state index is 0.602. The van der Waals surface area contributed by atoms with Crippen LogP contribution in [0.3, 0.4) is 0 Å². The lowest BCUT2D eigenvalue weighted by molar-refractivity contribution is 0.0317. The van der Waals surface area contributed by atoms with Crippen LogP contribution in [-0.2, 0) is 13.0 Å². The zero-order chi connectivity index (χ0) is 15.2. The Morgan fingerprint density at radius 3 is 2.52 bits per heavy atom. The van der Waals surface area contributed by atoms with Gasteiger partial charge in [0.05, 0.1) is 5.60 Å². The Labute approximate surface area is 129 Å². The summed E-state index contributed by atoms with van der Waals surface area (Å²) in [7, 11) is 0. The second-order valence-corrected chi connectivity index (χ2v) is 7.95. The maximum absolute atomic E-state index is 10.0. The van der Waals surface area contributed by atoms with Crippen molar-refractivity contribution in [3.05, 3.63) is 34.4 Å². The molecule has 3 rings (SSSR count). The molecule has 1 aromatic rings. The van der Waals surface area contributed by atoms with Crippen molar-refractivity contribution in [2.24, 2.45) is 0 Å². The number of β-amino-alcohol motifs (C(OH)–C–C–N with tert-alkyl or cyclic N) is 1. The molecular weight excluding hydrogens is 258 g/mol. The topological polar surface area (TPSA) is 23.5 Å². The van der Waals surface area contributed by atoms with Crippen molar-refractivity contribution in [2.75, 3.05) is 13.1 Å². The molecule has 1 heterocycles. The molecule has 0 saturated heterocycles. The molecule has 0 radical (unpaired) electrons. The highest BCUT2D eigenvalue weighted by molar-refractivity contribution is 5.44. The van der Waals surface area contributed by atoms with E-state index < -0.39 is 5.60 Å². The van der Waals surface area contributed by atoms with Crippen LogP contribution in [0.4, 0.5) is 0 Å². The third-order valence-electron chi connectivity index (χ3n) is 4.75. The maximum Gasteiger partial charge on any atom is 0.0718 e. The van der Waals surface area contributed by atoms with Crippen LogP contribution in [0.25, 0.3) is 0 Å². The van der Waals surface area contributed by atoms with Crippen LogP contribution >= 0.6 is 0 Å². The third-order valence-corrected chi connectivity index (χ3v) is 4.75. The molecule has 1 aromatic carbocycles. The van der Waals surface area contributed by atoms with Crippen LogP contribution in [0.5, 0.6) is 0 Å². The second-order valence-electron chi connectivity index (χ2n) is 7.95. The summed E-state index contributed by atoms with van der Waals surface area (Å²) in [6.45, 7) is 11.3. The minimum atomic E-state index is -0.602. The van der Waals surface area contributed by atoms with Crippen LogP contribution in [0.1, 0.15) is 74.6 Å². The first-order chi connectivity index (χ1) is 9.83. The van der Waals surface area contributed by atoms with Gasteiger partial charge in [0.15, 0.2) is 0 Å². The Hall–Kier alpha value is -0.860. The number of fused-ring (bicyclic) bond motifs is 1. The average Bonchev–Trinajstić information content (AvgIpc) is 3.19. The number of hydrogen-bond acceptors (Lipinski definition) is 2. The summed E-state index contributed by atoms with van der Waals surface area (Å²) < 4.78 is 0. The van der Waals surface area contributed by atoms with E-state index in [2.05, 4.69) is 30.9 Å². The summed E-state index contributed by atoms with van der Waals surface area (Å²) in [4.78, 5) is 2.40. The van der Waals surface area contributed by atoms with Crippen LogP contribution < -0.4 is 0 Å².